The Morgan fingerprint density at radius 1 is 1.12 bits per heavy atom. The quantitative estimate of drug-likeness (QED) is 0.247. The maximum absolute atomic E-state index is 12.4. The van der Waals surface area contributed by atoms with Crippen molar-refractivity contribution in [3.63, 3.8) is 0 Å². The zero-order chi connectivity index (χ0) is 28.9. The number of amides is 3. The summed E-state index contributed by atoms with van der Waals surface area (Å²) in [5.74, 6) is 1.62. The lowest BCUT2D eigenvalue weighted by Crippen LogP contribution is -2.41. The molecule has 4 heterocycles. The molecule has 0 aliphatic heterocycles. The second-order valence-corrected chi connectivity index (χ2v) is 12.4. The molecule has 1 aliphatic carbocycles. The van der Waals surface area contributed by atoms with E-state index in [0.717, 1.165) is 39.4 Å². The highest BCUT2D eigenvalue weighted by Gasteiger charge is 2.48. The van der Waals surface area contributed by atoms with Gasteiger partial charge < -0.3 is 19.5 Å². The number of benzene rings is 1. The van der Waals surface area contributed by atoms with Gasteiger partial charge in [-0.25, -0.2) is 14.8 Å². The minimum Gasteiger partial charge on any atom is -0.475 e. The monoisotopic (exact) mass is 573 g/mol. The molecule has 1 fully saturated rings. The van der Waals surface area contributed by atoms with Crippen LogP contribution in [0.15, 0.2) is 53.2 Å². The van der Waals surface area contributed by atoms with E-state index in [1.54, 1.807) is 17.9 Å². The standard InChI is InChI=1S/C29H31N7O4S/c1-17(37)35(5)29(12-13-29)16-39-24-11-10-21-25(33-24)41-27-31-20(15-36(21)27)18-6-8-19(9-7-18)30-26(38)32-23-14-22(40-34-23)28(2,3)4/h6-11,14-15H,12-13,16H2,1-5H3,(H2,30,32,34,38). The van der Waals surface area contributed by atoms with E-state index < -0.39 is 6.03 Å². The van der Waals surface area contributed by atoms with Gasteiger partial charge in [0.25, 0.3) is 0 Å². The number of hydrogen-bond acceptors (Lipinski definition) is 8. The summed E-state index contributed by atoms with van der Waals surface area (Å²) in [4.78, 5) is 37.1. The first kappa shape index (κ1) is 26.8. The molecule has 0 atom stereocenters. The van der Waals surface area contributed by atoms with Crippen molar-refractivity contribution in [1.29, 1.82) is 0 Å². The number of anilines is 2. The Morgan fingerprint density at radius 2 is 1.88 bits per heavy atom. The number of rotatable bonds is 7. The lowest BCUT2D eigenvalue weighted by molar-refractivity contribution is -0.131. The second-order valence-electron chi connectivity index (χ2n) is 11.4. The number of carbonyl (C=O) groups is 2. The van der Waals surface area contributed by atoms with E-state index in [4.69, 9.17) is 14.2 Å². The fourth-order valence-electron chi connectivity index (χ4n) is 4.54. The van der Waals surface area contributed by atoms with Crippen LogP contribution in [0.25, 0.3) is 26.6 Å². The van der Waals surface area contributed by atoms with Crippen LogP contribution in [0.3, 0.4) is 0 Å². The van der Waals surface area contributed by atoms with Crippen molar-refractivity contribution in [2.45, 2.75) is 51.5 Å². The molecule has 0 saturated heterocycles. The summed E-state index contributed by atoms with van der Waals surface area (Å²) in [6, 6.07) is 12.6. The first-order valence-corrected chi connectivity index (χ1v) is 14.1. The first-order valence-electron chi connectivity index (χ1n) is 13.3. The summed E-state index contributed by atoms with van der Waals surface area (Å²) >= 11 is 1.48. The average Bonchev–Trinajstić information content (AvgIpc) is 3.20. The summed E-state index contributed by atoms with van der Waals surface area (Å²) in [5.41, 5.74) is 2.89. The number of urea groups is 1. The van der Waals surface area contributed by atoms with Gasteiger partial charge in [0.15, 0.2) is 10.8 Å². The van der Waals surface area contributed by atoms with Crippen molar-refractivity contribution in [3.8, 4) is 17.1 Å². The van der Waals surface area contributed by atoms with Crippen molar-refractivity contribution in [2.24, 2.45) is 0 Å². The number of aromatic nitrogens is 4. The highest BCUT2D eigenvalue weighted by molar-refractivity contribution is 7.23. The summed E-state index contributed by atoms with van der Waals surface area (Å²) in [5, 5.41) is 9.41. The first-order chi connectivity index (χ1) is 19.5. The highest BCUT2D eigenvalue weighted by Crippen LogP contribution is 2.41. The van der Waals surface area contributed by atoms with Gasteiger partial charge in [0.2, 0.25) is 11.8 Å². The van der Waals surface area contributed by atoms with Gasteiger partial charge >= 0.3 is 6.03 Å². The van der Waals surface area contributed by atoms with Gasteiger partial charge in [0.05, 0.1) is 16.7 Å². The van der Waals surface area contributed by atoms with E-state index in [1.807, 2.05) is 74.8 Å². The zero-order valence-corrected chi connectivity index (χ0v) is 24.3. The number of pyridine rings is 1. The molecule has 3 amide bonds. The van der Waals surface area contributed by atoms with Crippen LogP contribution in [0.1, 0.15) is 46.3 Å². The fraction of sp³-hybridized carbons (Fsp3) is 0.345. The Balaban J connectivity index is 1.11. The Labute approximate surface area is 240 Å². The van der Waals surface area contributed by atoms with Gasteiger partial charge in [-0.3, -0.25) is 14.5 Å². The molecule has 212 valence electrons. The predicted octanol–water partition coefficient (Wildman–Crippen LogP) is 5.93. The van der Waals surface area contributed by atoms with Crippen LogP contribution >= 0.6 is 11.3 Å². The molecule has 6 rings (SSSR count). The van der Waals surface area contributed by atoms with E-state index in [1.165, 1.54) is 11.3 Å². The molecule has 11 nitrogen and oxygen atoms in total. The molecule has 5 aromatic rings. The Hall–Kier alpha value is -4.45. The van der Waals surface area contributed by atoms with Gasteiger partial charge in [-0.05, 0) is 31.0 Å². The van der Waals surface area contributed by atoms with E-state index in [-0.39, 0.29) is 16.9 Å². The van der Waals surface area contributed by atoms with E-state index >= 15 is 0 Å². The van der Waals surface area contributed by atoms with Gasteiger partial charge in [0.1, 0.15) is 17.2 Å². The number of likely N-dealkylation sites (N-methyl/N-ethyl adjacent to an activating group) is 1. The molecule has 12 heteroatoms. The van der Waals surface area contributed by atoms with Gasteiger partial charge in [-0.15, -0.1) is 0 Å². The van der Waals surface area contributed by atoms with Crippen LogP contribution < -0.4 is 15.4 Å². The van der Waals surface area contributed by atoms with Crippen LogP contribution in [0.5, 0.6) is 5.88 Å². The van der Waals surface area contributed by atoms with Crippen molar-refractivity contribution in [1.82, 2.24) is 24.4 Å². The molecule has 4 aromatic heterocycles. The fourth-order valence-corrected chi connectivity index (χ4v) is 5.51. The van der Waals surface area contributed by atoms with Crippen LogP contribution in [0.4, 0.5) is 16.3 Å². The van der Waals surface area contributed by atoms with Gasteiger partial charge in [-0.2, -0.15) is 0 Å². The van der Waals surface area contributed by atoms with E-state index in [9.17, 15) is 9.59 Å². The number of carbonyl (C=O) groups excluding carboxylic acids is 2. The summed E-state index contributed by atoms with van der Waals surface area (Å²) in [6.45, 7) is 8.04. The Kier molecular flexibility index (Phi) is 6.45. The van der Waals surface area contributed by atoms with Gasteiger partial charge in [0, 0.05) is 49.0 Å². The molecular weight excluding hydrogens is 542 g/mol. The largest absolute Gasteiger partial charge is 0.475 e. The molecular formula is C29H31N7O4S. The maximum atomic E-state index is 12.4. The molecule has 0 spiro atoms. The van der Waals surface area contributed by atoms with E-state index in [0.29, 0.717) is 29.8 Å². The SMILES string of the molecule is CC(=O)N(C)C1(COc2ccc3c(n2)sc2nc(-c4ccc(NC(=O)Nc5cc(C(C)(C)C)on5)cc4)cn23)CC1. The molecule has 2 N–H and O–H groups in total. The zero-order valence-electron chi connectivity index (χ0n) is 23.5. The number of imidazole rings is 1. The smallest absolute Gasteiger partial charge is 0.324 e. The normalized spacial score (nSPS) is 14.3. The van der Waals surface area contributed by atoms with Crippen molar-refractivity contribution in [3.05, 3.63) is 54.4 Å². The third kappa shape index (κ3) is 5.34. The number of nitrogens with one attached hydrogen (secondary N) is 2. The minimum absolute atomic E-state index is 0.0406. The van der Waals surface area contributed by atoms with Crippen LogP contribution in [-0.2, 0) is 10.2 Å². The molecule has 0 bridgehead atoms. The number of nitrogens with zero attached hydrogens (tertiary/aromatic N) is 5. The number of thiazole rings is 1. The molecule has 1 saturated carbocycles. The number of ether oxygens (including phenoxy) is 1. The predicted molar refractivity (Wildman–Crippen MR) is 158 cm³/mol. The lowest BCUT2D eigenvalue weighted by atomic mass is 9.93. The van der Waals surface area contributed by atoms with Gasteiger partial charge in [-0.1, -0.05) is 49.4 Å². The second kappa shape index (κ2) is 9.88. The summed E-state index contributed by atoms with van der Waals surface area (Å²) < 4.78 is 13.3. The average molecular weight is 574 g/mol. The maximum Gasteiger partial charge on any atom is 0.324 e. The third-order valence-electron chi connectivity index (χ3n) is 7.36. The van der Waals surface area contributed by atoms with Crippen molar-refractivity contribution >= 4 is 50.1 Å². The van der Waals surface area contributed by atoms with Crippen LogP contribution in [-0.4, -0.2) is 55.6 Å². The highest BCUT2D eigenvalue weighted by atomic mass is 32.1. The Morgan fingerprint density at radius 3 is 2.54 bits per heavy atom. The molecule has 1 aliphatic rings. The number of fused-ring (bicyclic) bond motifs is 3. The topological polar surface area (TPSA) is 127 Å². The molecule has 1 aromatic carbocycles. The molecule has 41 heavy (non-hydrogen) atoms. The third-order valence-corrected chi connectivity index (χ3v) is 8.33. The van der Waals surface area contributed by atoms with Crippen LogP contribution in [0.2, 0.25) is 0 Å². The lowest BCUT2D eigenvalue weighted by Gasteiger charge is -2.26. The van der Waals surface area contributed by atoms with Crippen molar-refractivity contribution < 1.29 is 18.8 Å². The summed E-state index contributed by atoms with van der Waals surface area (Å²) in [6.07, 6.45) is 3.85. The molecule has 0 radical (unpaired) electrons. The van der Waals surface area contributed by atoms with Crippen LogP contribution in [0, 0.1) is 0 Å². The number of hydrogen-bond donors (Lipinski definition) is 2. The van der Waals surface area contributed by atoms with Crippen molar-refractivity contribution in [2.75, 3.05) is 24.3 Å². The summed E-state index contributed by atoms with van der Waals surface area (Å²) in [7, 11) is 1.82. The molecule has 0 unspecified atom stereocenters. The minimum atomic E-state index is -0.408. The Bertz CT molecular complexity index is 1760. The van der Waals surface area contributed by atoms with E-state index in [2.05, 4.69) is 20.8 Å².